The molecule has 0 radical (unpaired) electrons. The van der Waals surface area contributed by atoms with E-state index >= 15 is 0 Å². The van der Waals surface area contributed by atoms with Crippen LogP contribution in [0.25, 0.3) is 0 Å². The molecular weight excluding hydrogens is 220 g/mol. The highest BCUT2D eigenvalue weighted by Crippen LogP contribution is 2.38. The average Bonchev–Trinajstić information content (AvgIpc) is 2.46. The number of aromatic nitrogens is 1. The molecule has 0 bridgehead atoms. The lowest BCUT2D eigenvalue weighted by atomic mass is 9.75. The van der Waals surface area contributed by atoms with Crippen LogP contribution in [0.2, 0.25) is 0 Å². The first-order chi connectivity index (χ1) is 8.85. The normalized spacial score (nSPS) is 25.9. The lowest BCUT2D eigenvalue weighted by molar-refractivity contribution is 0.210. The second kappa shape index (κ2) is 6.89. The van der Waals surface area contributed by atoms with Crippen LogP contribution in [0.1, 0.15) is 57.6 Å². The third-order valence-corrected chi connectivity index (χ3v) is 4.36. The monoisotopic (exact) mass is 246 g/mol. The SMILES string of the molecule is CCNC(c1ccncc1)C1CCCC(CC)C1. The summed E-state index contributed by atoms with van der Waals surface area (Å²) in [5, 5.41) is 3.69. The van der Waals surface area contributed by atoms with Crippen molar-refractivity contribution in [2.45, 2.75) is 52.0 Å². The summed E-state index contributed by atoms with van der Waals surface area (Å²) in [5.41, 5.74) is 1.41. The number of nitrogens with zero attached hydrogens (tertiary/aromatic N) is 1. The molecular formula is C16H26N2. The Balaban J connectivity index is 2.09. The van der Waals surface area contributed by atoms with Gasteiger partial charge in [-0.05, 0) is 48.9 Å². The topological polar surface area (TPSA) is 24.9 Å². The van der Waals surface area contributed by atoms with Crippen molar-refractivity contribution in [2.75, 3.05) is 6.54 Å². The van der Waals surface area contributed by atoms with E-state index in [0.717, 1.165) is 18.4 Å². The fourth-order valence-electron chi connectivity index (χ4n) is 3.35. The Hall–Kier alpha value is -0.890. The zero-order valence-corrected chi connectivity index (χ0v) is 11.7. The molecule has 1 aliphatic rings. The molecule has 100 valence electrons. The van der Waals surface area contributed by atoms with Gasteiger partial charge in [-0.3, -0.25) is 4.98 Å². The molecule has 2 nitrogen and oxygen atoms in total. The van der Waals surface area contributed by atoms with E-state index in [-0.39, 0.29) is 0 Å². The summed E-state index contributed by atoms with van der Waals surface area (Å²) >= 11 is 0. The van der Waals surface area contributed by atoms with E-state index < -0.39 is 0 Å². The molecule has 1 aliphatic carbocycles. The number of rotatable bonds is 5. The Morgan fingerprint density at radius 1 is 1.28 bits per heavy atom. The highest BCUT2D eigenvalue weighted by Gasteiger charge is 2.28. The predicted octanol–water partition coefficient (Wildman–Crippen LogP) is 3.95. The molecule has 2 rings (SSSR count). The van der Waals surface area contributed by atoms with Gasteiger partial charge in [-0.25, -0.2) is 0 Å². The molecule has 3 unspecified atom stereocenters. The molecule has 0 spiro atoms. The van der Waals surface area contributed by atoms with E-state index in [1.54, 1.807) is 0 Å². The van der Waals surface area contributed by atoms with Crippen molar-refractivity contribution in [3.05, 3.63) is 30.1 Å². The largest absolute Gasteiger partial charge is 0.310 e. The number of nitrogens with one attached hydrogen (secondary N) is 1. The third kappa shape index (κ3) is 3.32. The van der Waals surface area contributed by atoms with Gasteiger partial charge in [-0.15, -0.1) is 0 Å². The van der Waals surface area contributed by atoms with Crippen LogP contribution in [0.5, 0.6) is 0 Å². The highest BCUT2D eigenvalue weighted by atomic mass is 14.9. The lowest BCUT2D eigenvalue weighted by Gasteiger charge is -2.35. The quantitative estimate of drug-likeness (QED) is 0.851. The molecule has 1 fully saturated rings. The molecule has 1 aromatic rings. The van der Waals surface area contributed by atoms with Crippen molar-refractivity contribution in [2.24, 2.45) is 11.8 Å². The first kappa shape index (κ1) is 13.5. The maximum absolute atomic E-state index is 4.14. The maximum Gasteiger partial charge on any atom is 0.0349 e. The Morgan fingerprint density at radius 2 is 2.06 bits per heavy atom. The minimum absolute atomic E-state index is 0.521. The Bertz CT molecular complexity index is 336. The molecule has 0 amide bonds. The Labute approximate surface area is 111 Å². The van der Waals surface area contributed by atoms with E-state index in [1.807, 2.05) is 12.4 Å². The standard InChI is InChI=1S/C16H26N2/c1-3-13-6-5-7-15(12-13)16(18-4-2)14-8-10-17-11-9-14/h8-11,13,15-16,18H,3-7,12H2,1-2H3. The molecule has 2 heteroatoms. The van der Waals surface area contributed by atoms with Gasteiger partial charge in [0.25, 0.3) is 0 Å². The van der Waals surface area contributed by atoms with Crippen molar-refractivity contribution in [1.82, 2.24) is 10.3 Å². The van der Waals surface area contributed by atoms with E-state index in [9.17, 15) is 0 Å². The molecule has 1 N–H and O–H groups in total. The van der Waals surface area contributed by atoms with E-state index in [1.165, 1.54) is 37.7 Å². The Kier molecular flexibility index (Phi) is 5.18. The summed E-state index contributed by atoms with van der Waals surface area (Å²) in [6, 6.07) is 4.86. The number of hydrogen-bond donors (Lipinski definition) is 1. The second-order valence-electron chi connectivity index (χ2n) is 5.52. The molecule has 0 aliphatic heterocycles. The Morgan fingerprint density at radius 3 is 2.72 bits per heavy atom. The summed E-state index contributed by atoms with van der Waals surface area (Å²) < 4.78 is 0. The van der Waals surface area contributed by atoms with Crippen LogP contribution < -0.4 is 5.32 Å². The zero-order valence-electron chi connectivity index (χ0n) is 11.7. The van der Waals surface area contributed by atoms with E-state index in [2.05, 4.69) is 36.3 Å². The van der Waals surface area contributed by atoms with Gasteiger partial charge in [0, 0.05) is 18.4 Å². The molecule has 3 atom stereocenters. The average molecular weight is 246 g/mol. The first-order valence-electron chi connectivity index (χ1n) is 7.48. The van der Waals surface area contributed by atoms with Gasteiger partial charge in [0.2, 0.25) is 0 Å². The van der Waals surface area contributed by atoms with Gasteiger partial charge in [0.1, 0.15) is 0 Å². The van der Waals surface area contributed by atoms with Crippen LogP contribution in [0, 0.1) is 11.8 Å². The summed E-state index contributed by atoms with van der Waals surface area (Å²) in [4.78, 5) is 4.14. The summed E-state index contributed by atoms with van der Waals surface area (Å²) in [6.07, 6.45) is 10.8. The summed E-state index contributed by atoms with van der Waals surface area (Å²) in [6.45, 7) is 5.58. The second-order valence-corrected chi connectivity index (χ2v) is 5.52. The summed E-state index contributed by atoms with van der Waals surface area (Å²) in [7, 11) is 0. The van der Waals surface area contributed by atoms with Crippen LogP contribution in [-0.2, 0) is 0 Å². The van der Waals surface area contributed by atoms with Crippen molar-refractivity contribution in [3.63, 3.8) is 0 Å². The van der Waals surface area contributed by atoms with Gasteiger partial charge in [0.05, 0.1) is 0 Å². The highest BCUT2D eigenvalue weighted by molar-refractivity contribution is 5.16. The van der Waals surface area contributed by atoms with Gasteiger partial charge < -0.3 is 5.32 Å². The van der Waals surface area contributed by atoms with Gasteiger partial charge >= 0.3 is 0 Å². The molecule has 0 aromatic carbocycles. The minimum Gasteiger partial charge on any atom is -0.310 e. The molecule has 1 saturated carbocycles. The summed E-state index contributed by atoms with van der Waals surface area (Å²) in [5.74, 6) is 1.73. The van der Waals surface area contributed by atoms with Gasteiger partial charge in [-0.2, -0.15) is 0 Å². The van der Waals surface area contributed by atoms with Crippen LogP contribution >= 0.6 is 0 Å². The molecule has 18 heavy (non-hydrogen) atoms. The molecule has 1 aromatic heterocycles. The van der Waals surface area contributed by atoms with Crippen LogP contribution in [0.15, 0.2) is 24.5 Å². The van der Waals surface area contributed by atoms with Crippen LogP contribution in [-0.4, -0.2) is 11.5 Å². The fraction of sp³-hybridized carbons (Fsp3) is 0.688. The fourth-order valence-corrected chi connectivity index (χ4v) is 3.35. The lowest BCUT2D eigenvalue weighted by Crippen LogP contribution is -2.31. The van der Waals surface area contributed by atoms with Crippen LogP contribution in [0.3, 0.4) is 0 Å². The smallest absolute Gasteiger partial charge is 0.0349 e. The van der Waals surface area contributed by atoms with Crippen molar-refractivity contribution < 1.29 is 0 Å². The number of hydrogen-bond acceptors (Lipinski definition) is 2. The van der Waals surface area contributed by atoms with Gasteiger partial charge in [0.15, 0.2) is 0 Å². The predicted molar refractivity (Wildman–Crippen MR) is 76.4 cm³/mol. The van der Waals surface area contributed by atoms with Crippen molar-refractivity contribution in [1.29, 1.82) is 0 Å². The molecule has 0 saturated heterocycles. The van der Waals surface area contributed by atoms with E-state index in [4.69, 9.17) is 0 Å². The van der Waals surface area contributed by atoms with Crippen LogP contribution in [0.4, 0.5) is 0 Å². The van der Waals surface area contributed by atoms with Gasteiger partial charge in [-0.1, -0.05) is 33.1 Å². The van der Waals surface area contributed by atoms with Crippen molar-refractivity contribution in [3.8, 4) is 0 Å². The van der Waals surface area contributed by atoms with Crippen molar-refractivity contribution >= 4 is 0 Å². The minimum atomic E-state index is 0.521. The third-order valence-electron chi connectivity index (χ3n) is 4.36. The van der Waals surface area contributed by atoms with E-state index in [0.29, 0.717) is 6.04 Å². The number of pyridine rings is 1. The maximum atomic E-state index is 4.14. The zero-order chi connectivity index (χ0) is 12.8. The first-order valence-corrected chi connectivity index (χ1v) is 7.48. The molecule has 1 heterocycles.